The number of rotatable bonds is 6. The number of carbonyl (C=O) groups is 1. The molecule has 1 heterocycles. The van der Waals surface area contributed by atoms with Gasteiger partial charge in [-0.2, -0.15) is 0 Å². The minimum Gasteiger partial charge on any atom is -0.497 e. The van der Waals surface area contributed by atoms with Crippen molar-refractivity contribution in [3.63, 3.8) is 0 Å². The first-order valence-corrected chi connectivity index (χ1v) is 10.1. The van der Waals surface area contributed by atoms with Crippen LogP contribution in [0, 0.1) is 0 Å². The minimum atomic E-state index is -0.412. The van der Waals surface area contributed by atoms with Gasteiger partial charge in [-0.1, -0.05) is 41.9 Å². The Kier molecular flexibility index (Phi) is 8.68. The molecule has 5 nitrogen and oxygen atoms in total. The first kappa shape index (κ1) is 22.4. The lowest BCUT2D eigenvalue weighted by Gasteiger charge is -2.11. The fourth-order valence-electron chi connectivity index (χ4n) is 2.59. The van der Waals surface area contributed by atoms with Crippen molar-refractivity contribution < 1.29 is 14.3 Å². The van der Waals surface area contributed by atoms with Gasteiger partial charge < -0.3 is 14.8 Å². The number of methoxy groups -OCH3 is 2. The zero-order valence-corrected chi connectivity index (χ0v) is 18.6. The highest BCUT2D eigenvalue weighted by Crippen LogP contribution is 2.25. The van der Waals surface area contributed by atoms with E-state index in [-0.39, 0.29) is 0 Å². The average molecular weight is 457 g/mol. The summed E-state index contributed by atoms with van der Waals surface area (Å²) in [6, 6.07) is 15.7. The Hall–Kier alpha value is -2.86. The zero-order chi connectivity index (χ0) is 21.2. The predicted molar refractivity (Wildman–Crippen MR) is 122 cm³/mol. The van der Waals surface area contributed by atoms with Crippen molar-refractivity contribution in [2.24, 2.45) is 0 Å². The molecule has 29 heavy (non-hydrogen) atoms. The second-order valence-corrected chi connectivity index (χ2v) is 6.74. The third-order valence-corrected chi connectivity index (χ3v) is 4.52. The maximum atomic E-state index is 11.5. The molecular weight excluding hydrogens is 432 g/mol. The van der Waals surface area contributed by atoms with Crippen LogP contribution in [0.1, 0.15) is 25.0 Å². The number of hydrogen-bond acceptors (Lipinski definition) is 5. The van der Waals surface area contributed by atoms with E-state index in [2.05, 4.69) is 26.0 Å². The summed E-state index contributed by atoms with van der Waals surface area (Å²) in [4.78, 5) is 16.2. The van der Waals surface area contributed by atoms with Crippen LogP contribution in [0.5, 0.6) is 5.75 Å². The van der Waals surface area contributed by atoms with Gasteiger partial charge in [0.1, 0.15) is 11.6 Å². The number of anilines is 1. The highest BCUT2D eigenvalue weighted by Gasteiger charge is 2.07. The van der Waals surface area contributed by atoms with Gasteiger partial charge in [0.2, 0.25) is 0 Å². The second-order valence-electron chi connectivity index (χ2n) is 5.82. The molecule has 0 fully saturated rings. The number of carbonyl (C=O) groups excluding carboxylic acids is 1. The summed E-state index contributed by atoms with van der Waals surface area (Å²) in [5, 5.41) is 4.32. The van der Waals surface area contributed by atoms with Gasteiger partial charge in [-0.15, -0.1) is 0 Å². The molecule has 3 aromatic rings. The van der Waals surface area contributed by atoms with E-state index in [1.165, 1.54) is 13.2 Å². The van der Waals surface area contributed by atoms with Crippen LogP contribution in [0.25, 0.3) is 17.0 Å². The lowest BCUT2D eigenvalue weighted by Crippen LogP contribution is -2.04. The number of benzene rings is 2. The van der Waals surface area contributed by atoms with Crippen LogP contribution in [0.4, 0.5) is 5.82 Å². The van der Waals surface area contributed by atoms with Gasteiger partial charge in [0.25, 0.3) is 0 Å². The molecule has 1 aromatic heterocycles. The summed E-state index contributed by atoms with van der Waals surface area (Å²) in [7, 11) is 3.00. The monoisotopic (exact) mass is 456 g/mol. The molecule has 1 N–H and O–H groups in total. The highest BCUT2D eigenvalue weighted by molar-refractivity contribution is 9.10. The fraction of sp³-hybridized carbons (Fsp3) is 0.217. The Morgan fingerprint density at radius 1 is 1.10 bits per heavy atom. The molecule has 3 rings (SSSR count). The molecule has 0 amide bonds. The Balaban J connectivity index is 0.00000145. The van der Waals surface area contributed by atoms with Crippen LogP contribution >= 0.6 is 15.9 Å². The number of halogens is 1. The number of esters is 1. The van der Waals surface area contributed by atoms with Crippen LogP contribution in [0.3, 0.4) is 0 Å². The van der Waals surface area contributed by atoms with E-state index in [0.717, 1.165) is 32.3 Å². The molecule has 0 saturated carbocycles. The maximum absolute atomic E-state index is 11.5. The molecule has 0 aliphatic heterocycles. The maximum Gasteiger partial charge on any atom is 0.330 e. The van der Waals surface area contributed by atoms with Gasteiger partial charge in [-0.25, -0.2) is 9.78 Å². The molecule has 6 heteroatoms. The van der Waals surface area contributed by atoms with E-state index in [1.54, 1.807) is 13.2 Å². The largest absolute Gasteiger partial charge is 0.497 e. The average Bonchev–Trinajstić information content (AvgIpc) is 2.77. The number of nitrogens with one attached hydrogen (secondary N) is 1. The van der Waals surface area contributed by atoms with Crippen molar-refractivity contribution >= 4 is 44.7 Å². The molecule has 0 unspecified atom stereocenters. The number of aromatic nitrogens is 1. The molecule has 2 aromatic carbocycles. The van der Waals surface area contributed by atoms with E-state index < -0.39 is 5.97 Å². The normalized spacial score (nSPS) is 10.4. The summed E-state index contributed by atoms with van der Waals surface area (Å²) in [6.07, 6.45) is 3.09. The van der Waals surface area contributed by atoms with Gasteiger partial charge in [0.05, 0.1) is 19.7 Å². The van der Waals surface area contributed by atoms with Crippen LogP contribution in [-0.4, -0.2) is 25.2 Å². The minimum absolute atomic E-state index is 0.412. The summed E-state index contributed by atoms with van der Waals surface area (Å²) in [6.45, 7) is 4.60. The van der Waals surface area contributed by atoms with Crippen LogP contribution in [0.2, 0.25) is 0 Å². The zero-order valence-electron chi connectivity index (χ0n) is 17.0. The quantitative estimate of drug-likeness (QED) is 0.373. The second kappa shape index (κ2) is 11.2. The van der Waals surface area contributed by atoms with E-state index in [4.69, 9.17) is 9.72 Å². The van der Waals surface area contributed by atoms with E-state index in [1.807, 2.05) is 62.4 Å². The fourth-order valence-corrected chi connectivity index (χ4v) is 2.97. The van der Waals surface area contributed by atoms with E-state index in [0.29, 0.717) is 12.4 Å². The Bertz CT molecular complexity index is 985. The van der Waals surface area contributed by atoms with Crippen LogP contribution in [0.15, 0.2) is 59.1 Å². The smallest absolute Gasteiger partial charge is 0.330 e. The number of hydrogen-bond donors (Lipinski definition) is 1. The molecule has 0 bridgehead atoms. The third kappa shape index (κ3) is 6.32. The van der Waals surface area contributed by atoms with Crippen molar-refractivity contribution in [3.8, 4) is 5.75 Å². The number of ether oxygens (including phenoxy) is 2. The number of nitrogens with zero attached hydrogens (tertiary/aromatic N) is 1. The summed E-state index contributed by atoms with van der Waals surface area (Å²) >= 11 is 3.48. The lowest BCUT2D eigenvalue weighted by atomic mass is 10.1. The molecule has 0 aliphatic rings. The van der Waals surface area contributed by atoms with Gasteiger partial charge in [-0.05, 0) is 48.0 Å². The molecule has 152 valence electrons. The summed E-state index contributed by atoms with van der Waals surface area (Å²) < 4.78 is 10.8. The van der Waals surface area contributed by atoms with Crippen LogP contribution in [-0.2, 0) is 16.1 Å². The van der Waals surface area contributed by atoms with Crippen molar-refractivity contribution in [1.82, 2.24) is 4.98 Å². The molecule has 0 aliphatic carbocycles. The van der Waals surface area contributed by atoms with E-state index in [9.17, 15) is 4.79 Å². The first-order chi connectivity index (χ1) is 14.1. The van der Waals surface area contributed by atoms with Gasteiger partial charge in [0.15, 0.2) is 0 Å². The van der Waals surface area contributed by atoms with Gasteiger partial charge in [-0.3, -0.25) is 0 Å². The van der Waals surface area contributed by atoms with Crippen molar-refractivity contribution in [3.05, 3.63) is 70.2 Å². The highest BCUT2D eigenvalue weighted by atomic mass is 79.9. The molecular formula is C23H25BrN2O3. The SMILES string of the molecule is CC.COC(=O)/C=C/c1cc2cc(Br)ccc2nc1NCc1ccc(OC)cc1. The molecule has 0 radical (unpaired) electrons. The van der Waals surface area contributed by atoms with E-state index >= 15 is 0 Å². The number of pyridine rings is 1. The first-order valence-electron chi connectivity index (χ1n) is 9.32. The Morgan fingerprint density at radius 3 is 2.48 bits per heavy atom. The van der Waals surface area contributed by atoms with Crippen molar-refractivity contribution in [1.29, 1.82) is 0 Å². The molecule has 0 atom stereocenters. The standard InChI is InChI=1S/C21H19BrN2O3.C2H6/c1-26-18-7-3-14(4-8-18)13-23-21-15(5-10-20(25)27-2)11-16-12-17(22)6-9-19(16)24-21;1-2/h3-12H,13H2,1-2H3,(H,23,24);1-2H3/b10-5+;. The third-order valence-electron chi connectivity index (χ3n) is 4.03. The predicted octanol–water partition coefficient (Wildman–Crippen LogP) is 5.83. The van der Waals surface area contributed by atoms with Crippen molar-refractivity contribution in [2.75, 3.05) is 19.5 Å². The summed E-state index contributed by atoms with van der Waals surface area (Å²) in [5.41, 5.74) is 2.77. The molecule has 0 saturated heterocycles. The lowest BCUT2D eigenvalue weighted by molar-refractivity contribution is -0.134. The van der Waals surface area contributed by atoms with Crippen LogP contribution < -0.4 is 10.1 Å². The summed E-state index contributed by atoms with van der Waals surface area (Å²) in [5.74, 6) is 1.10. The Labute approximate surface area is 179 Å². The topological polar surface area (TPSA) is 60.5 Å². The number of fused-ring (bicyclic) bond motifs is 1. The van der Waals surface area contributed by atoms with Gasteiger partial charge >= 0.3 is 5.97 Å². The molecule has 0 spiro atoms. The van der Waals surface area contributed by atoms with Crippen molar-refractivity contribution in [2.45, 2.75) is 20.4 Å². The Morgan fingerprint density at radius 2 is 1.83 bits per heavy atom. The van der Waals surface area contributed by atoms with Gasteiger partial charge in [0, 0.05) is 28.0 Å².